The molecule has 0 atom stereocenters. The number of rotatable bonds is 4. The summed E-state index contributed by atoms with van der Waals surface area (Å²) in [6, 6.07) is 1.70. The molecule has 1 aliphatic heterocycles. The van der Waals surface area contributed by atoms with Crippen LogP contribution in [-0.2, 0) is 0 Å². The smallest absolute Gasteiger partial charge is 0.255 e. The van der Waals surface area contributed by atoms with E-state index in [1.54, 1.807) is 12.3 Å². The third-order valence-electron chi connectivity index (χ3n) is 3.54. The highest BCUT2D eigenvalue weighted by Crippen LogP contribution is 2.21. The number of carbonyl (C=O) groups is 1. The molecule has 1 aromatic heterocycles. The fourth-order valence-corrected chi connectivity index (χ4v) is 2.54. The normalized spacial score (nSPS) is 16.2. The molecule has 0 aromatic carbocycles. The van der Waals surface area contributed by atoms with Crippen LogP contribution in [0.5, 0.6) is 0 Å². The largest absolute Gasteiger partial charge is 0.369 e. The lowest BCUT2D eigenvalue weighted by molar-refractivity contribution is 0.0643. The molecule has 20 heavy (non-hydrogen) atoms. The maximum Gasteiger partial charge on any atom is 0.255 e. The molecule has 110 valence electrons. The van der Waals surface area contributed by atoms with Gasteiger partial charge in [-0.1, -0.05) is 18.5 Å². The minimum absolute atomic E-state index is 0.0122. The van der Waals surface area contributed by atoms with Gasteiger partial charge in [0.2, 0.25) is 0 Å². The summed E-state index contributed by atoms with van der Waals surface area (Å²) in [6.07, 6.45) is 1.60. The minimum atomic E-state index is 0.0122. The Hall–Kier alpha value is -1.33. The fourth-order valence-electron chi connectivity index (χ4n) is 2.30. The van der Waals surface area contributed by atoms with Crippen molar-refractivity contribution in [2.45, 2.75) is 13.8 Å². The summed E-state index contributed by atoms with van der Waals surface area (Å²) < 4.78 is 0. The number of piperazine rings is 1. The highest BCUT2D eigenvalue weighted by atomic mass is 35.5. The molecule has 2 rings (SSSR count). The number of anilines is 1. The van der Waals surface area contributed by atoms with Crippen LogP contribution in [0, 0.1) is 0 Å². The Morgan fingerprint density at radius 1 is 1.35 bits per heavy atom. The molecule has 6 heteroatoms. The highest BCUT2D eigenvalue weighted by molar-refractivity contribution is 6.33. The summed E-state index contributed by atoms with van der Waals surface area (Å²) in [4.78, 5) is 20.8. The van der Waals surface area contributed by atoms with Crippen LogP contribution >= 0.6 is 11.6 Å². The van der Waals surface area contributed by atoms with Crippen LogP contribution in [0.15, 0.2) is 12.3 Å². The predicted molar refractivity (Wildman–Crippen MR) is 81.4 cm³/mol. The van der Waals surface area contributed by atoms with Gasteiger partial charge in [0.25, 0.3) is 5.91 Å². The Morgan fingerprint density at radius 2 is 2.05 bits per heavy atom. The van der Waals surface area contributed by atoms with Crippen molar-refractivity contribution in [3.63, 3.8) is 0 Å². The Morgan fingerprint density at radius 3 is 2.60 bits per heavy atom. The van der Waals surface area contributed by atoms with Crippen molar-refractivity contribution in [3.05, 3.63) is 22.8 Å². The van der Waals surface area contributed by atoms with Gasteiger partial charge in [-0.15, -0.1) is 0 Å². The van der Waals surface area contributed by atoms with Crippen molar-refractivity contribution in [3.8, 4) is 0 Å². The number of hydrogen-bond donors (Lipinski definition) is 1. The van der Waals surface area contributed by atoms with Crippen molar-refractivity contribution in [2.75, 3.05) is 44.6 Å². The Kier molecular flexibility index (Phi) is 5.20. The van der Waals surface area contributed by atoms with Crippen LogP contribution < -0.4 is 5.32 Å². The van der Waals surface area contributed by atoms with E-state index < -0.39 is 0 Å². The summed E-state index contributed by atoms with van der Waals surface area (Å²) in [6.45, 7) is 9.28. The standard InChI is InChI=1S/C14H21ClN4O/c1-3-16-13-12(15)9-11(10-17-13)14(20)19-7-5-18(4-2)6-8-19/h9-10H,3-8H2,1-2H3,(H,16,17). The predicted octanol–water partition coefficient (Wildman–Crippen LogP) is 1.94. The van der Waals surface area contributed by atoms with Crippen molar-refractivity contribution in [1.82, 2.24) is 14.8 Å². The average Bonchev–Trinajstić information content (AvgIpc) is 2.49. The van der Waals surface area contributed by atoms with Crippen molar-refractivity contribution < 1.29 is 4.79 Å². The molecular weight excluding hydrogens is 276 g/mol. The summed E-state index contributed by atoms with van der Waals surface area (Å²) in [5.41, 5.74) is 0.557. The topological polar surface area (TPSA) is 48.5 Å². The van der Waals surface area contributed by atoms with E-state index >= 15 is 0 Å². The number of aromatic nitrogens is 1. The zero-order valence-corrected chi connectivity index (χ0v) is 12.8. The van der Waals surface area contributed by atoms with Crippen LogP contribution in [0.4, 0.5) is 5.82 Å². The number of amides is 1. The molecule has 2 heterocycles. The molecule has 1 aliphatic rings. The van der Waals surface area contributed by atoms with E-state index in [2.05, 4.69) is 22.1 Å². The maximum absolute atomic E-state index is 12.4. The molecule has 0 bridgehead atoms. The lowest BCUT2D eigenvalue weighted by Gasteiger charge is -2.34. The molecule has 0 spiro atoms. The number of likely N-dealkylation sites (N-methyl/N-ethyl adjacent to an activating group) is 1. The third-order valence-corrected chi connectivity index (χ3v) is 3.83. The molecule has 1 amide bonds. The van der Waals surface area contributed by atoms with Crippen LogP contribution in [-0.4, -0.2) is 60.0 Å². The van der Waals surface area contributed by atoms with Gasteiger partial charge in [0.05, 0.1) is 10.6 Å². The second-order valence-corrected chi connectivity index (χ2v) is 5.22. The first kappa shape index (κ1) is 15.1. The first-order valence-electron chi connectivity index (χ1n) is 7.06. The van der Waals surface area contributed by atoms with Crippen molar-refractivity contribution in [1.29, 1.82) is 0 Å². The van der Waals surface area contributed by atoms with E-state index in [9.17, 15) is 4.79 Å². The zero-order valence-electron chi connectivity index (χ0n) is 12.0. The van der Waals surface area contributed by atoms with E-state index in [0.717, 1.165) is 39.3 Å². The molecule has 0 unspecified atom stereocenters. The number of pyridine rings is 1. The molecule has 0 aliphatic carbocycles. The van der Waals surface area contributed by atoms with Crippen molar-refractivity contribution >= 4 is 23.3 Å². The van der Waals surface area contributed by atoms with Crippen LogP contribution in [0.3, 0.4) is 0 Å². The molecule has 0 saturated carbocycles. The number of hydrogen-bond acceptors (Lipinski definition) is 4. The molecule has 1 N–H and O–H groups in total. The number of halogens is 1. The number of nitrogens with one attached hydrogen (secondary N) is 1. The summed E-state index contributed by atoms with van der Waals surface area (Å²) in [7, 11) is 0. The monoisotopic (exact) mass is 296 g/mol. The van der Waals surface area contributed by atoms with Gasteiger partial charge in [-0.3, -0.25) is 4.79 Å². The van der Waals surface area contributed by atoms with Gasteiger partial charge in [0.15, 0.2) is 0 Å². The molecule has 1 aromatic rings. The molecular formula is C14H21ClN4O. The third kappa shape index (κ3) is 3.41. The maximum atomic E-state index is 12.4. The van der Waals surface area contributed by atoms with E-state index in [1.807, 2.05) is 11.8 Å². The molecule has 5 nitrogen and oxygen atoms in total. The first-order chi connectivity index (χ1) is 9.65. The van der Waals surface area contributed by atoms with Crippen molar-refractivity contribution in [2.24, 2.45) is 0 Å². The molecule has 1 fully saturated rings. The Balaban J connectivity index is 2.04. The van der Waals surface area contributed by atoms with Gasteiger partial charge in [0, 0.05) is 38.9 Å². The van der Waals surface area contributed by atoms with Crippen LogP contribution in [0.2, 0.25) is 5.02 Å². The van der Waals surface area contributed by atoms with E-state index in [-0.39, 0.29) is 5.91 Å². The van der Waals surface area contributed by atoms with Gasteiger partial charge >= 0.3 is 0 Å². The van der Waals surface area contributed by atoms with E-state index in [1.165, 1.54) is 0 Å². The summed E-state index contributed by atoms with van der Waals surface area (Å²) in [5.74, 6) is 0.639. The average molecular weight is 297 g/mol. The Labute approximate surface area is 124 Å². The van der Waals surface area contributed by atoms with Gasteiger partial charge in [0.1, 0.15) is 5.82 Å². The van der Waals surface area contributed by atoms with Gasteiger partial charge in [-0.25, -0.2) is 4.98 Å². The second-order valence-electron chi connectivity index (χ2n) is 4.81. The number of carbonyl (C=O) groups excluding carboxylic acids is 1. The summed E-state index contributed by atoms with van der Waals surface area (Å²) >= 11 is 6.13. The Bertz CT molecular complexity index is 472. The van der Waals surface area contributed by atoms with Crippen LogP contribution in [0.1, 0.15) is 24.2 Å². The molecule has 1 saturated heterocycles. The van der Waals surface area contributed by atoms with Gasteiger partial charge in [-0.2, -0.15) is 0 Å². The summed E-state index contributed by atoms with van der Waals surface area (Å²) in [5, 5.41) is 3.55. The van der Waals surface area contributed by atoms with Gasteiger partial charge < -0.3 is 15.1 Å². The SMILES string of the molecule is CCNc1ncc(C(=O)N2CCN(CC)CC2)cc1Cl. The lowest BCUT2D eigenvalue weighted by Crippen LogP contribution is -2.48. The van der Waals surface area contributed by atoms with E-state index in [0.29, 0.717) is 16.4 Å². The minimum Gasteiger partial charge on any atom is -0.369 e. The van der Waals surface area contributed by atoms with Gasteiger partial charge in [-0.05, 0) is 19.5 Å². The quantitative estimate of drug-likeness (QED) is 0.922. The van der Waals surface area contributed by atoms with E-state index in [4.69, 9.17) is 11.6 Å². The van der Waals surface area contributed by atoms with Crippen LogP contribution in [0.25, 0.3) is 0 Å². The fraction of sp³-hybridized carbons (Fsp3) is 0.571. The zero-order chi connectivity index (χ0) is 14.5. The highest BCUT2D eigenvalue weighted by Gasteiger charge is 2.22. The second kappa shape index (κ2) is 6.90. The molecule has 0 radical (unpaired) electrons. The lowest BCUT2D eigenvalue weighted by atomic mass is 10.2. The first-order valence-corrected chi connectivity index (χ1v) is 7.44. The number of nitrogens with zero attached hydrogens (tertiary/aromatic N) is 3.